The highest BCUT2D eigenvalue weighted by molar-refractivity contribution is 6.63. The highest BCUT2D eigenvalue weighted by Gasteiger charge is 2.30. The number of nitrogens with zero attached hydrogens (tertiary/aromatic N) is 1. The predicted octanol–water partition coefficient (Wildman–Crippen LogP) is 15.1. The lowest BCUT2D eigenvalue weighted by atomic mass is 9.95. The molecule has 0 saturated carbocycles. The summed E-state index contributed by atoms with van der Waals surface area (Å²) in [7, 11) is 0. The fourth-order valence-corrected chi connectivity index (χ4v) is 9.41. The first-order valence-electron chi connectivity index (χ1n) is 20.4. The average Bonchev–Trinajstić information content (AvgIpc) is 3.98. The van der Waals surface area contributed by atoms with Gasteiger partial charge >= 0.3 is 5.97 Å². The van der Waals surface area contributed by atoms with Crippen molar-refractivity contribution in [2.45, 2.75) is 76.4 Å². The lowest BCUT2D eigenvalue weighted by molar-refractivity contribution is -0.131. The van der Waals surface area contributed by atoms with Crippen LogP contribution in [0.25, 0.3) is 92.9 Å². The van der Waals surface area contributed by atoms with Crippen LogP contribution in [-0.2, 0) is 17.6 Å². The number of para-hydroxylation sites is 4. The maximum atomic E-state index is 13.3. The van der Waals surface area contributed by atoms with Gasteiger partial charge in [-0.3, -0.25) is 4.79 Å². The largest absolute Gasteiger partial charge is 0.424 e. The molecule has 58 heavy (non-hydrogen) atoms. The minimum atomic E-state index is -0.750. The van der Waals surface area contributed by atoms with Gasteiger partial charge in [-0.25, -0.2) is 0 Å². The zero-order chi connectivity index (χ0) is 40.1. The zero-order valence-corrected chi connectivity index (χ0v) is 35.1. The number of aryl methyl sites for hydroxylation is 2. The summed E-state index contributed by atoms with van der Waals surface area (Å²) in [6.07, 6.45) is 8.66. The van der Waals surface area contributed by atoms with Crippen molar-refractivity contribution in [2.24, 2.45) is 0 Å². The molecule has 0 spiro atoms. The van der Waals surface area contributed by atoms with E-state index in [-0.39, 0.29) is 5.97 Å². The number of unbranched alkanes of at least 4 members (excludes halogenated alkanes) is 4. The summed E-state index contributed by atoms with van der Waals surface area (Å²) in [6.45, 7) is 6.05. The van der Waals surface area contributed by atoms with Gasteiger partial charge in [0.05, 0.1) is 38.7 Å². The Hall–Kier alpha value is -5.14. The third-order valence-corrected chi connectivity index (χ3v) is 11.6. The van der Waals surface area contributed by atoms with Gasteiger partial charge in [-0.15, -0.1) is 0 Å². The van der Waals surface area contributed by atoms with Gasteiger partial charge in [0.1, 0.15) is 0 Å². The summed E-state index contributed by atoms with van der Waals surface area (Å²) >= 11 is 14.4. The Balaban J connectivity index is 0.00000104. The van der Waals surface area contributed by atoms with Gasteiger partial charge in [-0.2, -0.15) is 0 Å². The Bertz CT molecular complexity index is 3160. The number of esters is 1. The van der Waals surface area contributed by atoms with Crippen LogP contribution in [0.5, 0.6) is 5.75 Å². The highest BCUT2D eigenvalue weighted by atomic mass is 35.6. The smallest absolute Gasteiger partial charge is 0.308 e. The molecule has 0 unspecified atom stereocenters. The number of nitrogens with one attached hydrogen (secondary N) is 3. The van der Waals surface area contributed by atoms with Gasteiger partial charge in [-0.1, -0.05) is 147 Å². The first kappa shape index (κ1) is 38.4. The fourth-order valence-electron chi connectivity index (χ4n) is 9.41. The van der Waals surface area contributed by atoms with Gasteiger partial charge in [0.2, 0.25) is 0 Å². The van der Waals surface area contributed by atoms with Crippen LogP contribution in [0.3, 0.4) is 0 Å². The molecular weight excluding hydrogens is 783 g/mol. The number of carbonyl (C=O) groups excluding carboxylic acids is 1. The van der Waals surface area contributed by atoms with Crippen LogP contribution in [0.4, 0.5) is 0 Å². The van der Waals surface area contributed by atoms with Gasteiger partial charge < -0.3 is 24.3 Å². The molecule has 294 valence electrons. The maximum absolute atomic E-state index is 13.3. The molecule has 6 nitrogen and oxygen atoms in total. The van der Waals surface area contributed by atoms with Crippen LogP contribution < -0.4 is 4.74 Å². The highest BCUT2D eigenvalue weighted by Crippen LogP contribution is 2.51. The van der Waals surface area contributed by atoms with Crippen LogP contribution in [0, 0.1) is 0 Å². The first-order chi connectivity index (χ1) is 28.3. The third kappa shape index (κ3) is 6.37. The Kier molecular flexibility index (Phi) is 10.5. The minimum Gasteiger partial charge on any atom is -0.424 e. The number of ether oxygens (including phenoxy) is 1. The molecule has 4 aromatic heterocycles. The number of halogens is 3. The lowest BCUT2D eigenvalue weighted by Gasteiger charge is -2.18. The molecule has 0 bridgehead atoms. The number of hydrogen-bond donors (Lipinski definition) is 3. The Morgan fingerprint density at radius 1 is 0.586 bits per heavy atom. The van der Waals surface area contributed by atoms with E-state index in [0.717, 1.165) is 111 Å². The molecule has 0 radical (unpaired) electrons. The van der Waals surface area contributed by atoms with E-state index < -0.39 is 4.30 Å². The summed E-state index contributed by atoms with van der Waals surface area (Å²) in [5.74, 6) is 0.266. The molecule has 10 rings (SSSR count). The maximum Gasteiger partial charge on any atom is 0.308 e. The van der Waals surface area contributed by atoms with Crippen molar-refractivity contribution in [3.63, 3.8) is 0 Å². The van der Waals surface area contributed by atoms with E-state index in [0.29, 0.717) is 5.75 Å². The van der Waals surface area contributed by atoms with Crippen molar-refractivity contribution < 1.29 is 9.53 Å². The van der Waals surface area contributed by atoms with E-state index in [2.05, 4.69) is 130 Å². The predicted molar refractivity (Wildman–Crippen MR) is 248 cm³/mol. The first-order valence-corrected chi connectivity index (χ1v) is 21.7. The van der Waals surface area contributed by atoms with Crippen molar-refractivity contribution in [1.29, 1.82) is 0 Å². The summed E-state index contributed by atoms with van der Waals surface area (Å²) in [5.41, 5.74) is 12.3. The topological polar surface area (TPSA) is 78.6 Å². The molecule has 0 fully saturated rings. The van der Waals surface area contributed by atoms with Crippen molar-refractivity contribution in [1.82, 2.24) is 19.5 Å². The zero-order valence-electron chi connectivity index (χ0n) is 32.9. The number of fused-ring (bicyclic) bond motifs is 12. The second kappa shape index (κ2) is 15.9. The molecule has 0 aliphatic rings. The number of aromatic nitrogens is 4. The number of alkyl halides is 3. The molecule has 0 aliphatic carbocycles. The van der Waals surface area contributed by atoms with Crippen LogP contribution in [0.2, 0.25) is 0 Å². The number of hydrogen-bond acceptors (Lipinski definition) is 2. The second-order valence-corrected chi connectivity index (χ2v) is 17.2. The van der Waals surface area contributed by atoms with E-state index >= 15 is 0 Å². The van der Waals surface area contributed by atoms with Crippen molar-refractivity contribution >= 4 is 128 Å². The van der Waals surface area contributed by atoms with Crippen molar-refractivity contribution in [3.8, 4) is 11.4 Å². The number of aromatic amines is 3. The number of H-pyrrole nitrogens is 3. The molecule has 4 heterocycles. The van der Waals surface area contributed by atoms with E-state index in [4.69, 9.17) is 39.5 Å². The molecular formula is C49H45Cl3N4O2. The molecule has 3 N–H and O–H groups in total. The van der Waals surface area contributed by atoms with Gasteiger partial charge in [0.25, 0.3) is 0 Å². The normalized spacial score (nSPS) is 12.1. The van der Waals surface area contributed by atoms with E-state index in [1.165, 1.54) is 51.5 Å². The van der Waals surface area contributed by atoms with E-state index in [1.807, 2.05) is 0 Å². The Morgan fingerprint density at radius 3 is 1.59 bits per heavy atom. The van der Waals surface area contributed by atoms with Gasteiger partial charge in [0.15, 0.2) is 10.0 Å². The molecule has 0 atom stereocenters. The molecule has 10 aromatic rings. The van der Waals surface area contributed by atoms with Gasteiger partial charge in [0, 0.05) is 61.2 Å². The van der Waals surface area contributed by atoms with E-state index in [1.54, 1.807) is 0 Å². The number of carbonyl (C=O) groups is 1. The minimum absolute atomic E-state index is 0.335. The van der Waals surface area contributed by atoms with Crippen molar-refractivity contribution in [2.75, 3.05) is 0 Å². The third-order valence-electron chi connectivity index (χ3n) is 11.6. The number of benzene rings is 6. The molecule has 9 heteroatoms. The Morgan fingerprint density at radius 2 is 1.03 bits per heavy atom. The summed E-state index contributed by atoms with van der Waals surface area (Å²) in [5, 5.41) is 9.14. The summed E-state index contributed by atoms with van der Waals surface area (Å²) in [6, 6.07) is 34.6. The average molecular weight is 828 g/mol. The molecule has 0 aliphatic heterocycles. The molecule has 6 aromatic carbocycles. The summed E-state index contributed by atoms with van der Waals surface area (Å²) < 4.78 is 8.21. The standard InChI is InChI=1S/C48H44N4O2.CHCl3/c1-4-6-8-22-33-39-29-18-10-14-24-35(29)51-45(39)46(41-30-19-11-15-25-36(30)49-43(33)41)52-38-27-17-13-21-32(38)40-34(23-9-7-5-2)44-42(48(47(40)52)54-28(3)53)31-20-12-16-26-37(31)50-44;2-1(3)4/h10-21,24-27,49-51H,4-9,22-23H2,1-3H3;1H. The quantitative estimate of drug-likeness (QED) is 0.0556. The molecule has 0 saturated heterocycles. The SMILES string of the molecule is CCCCCc1c2[nH]c3ccccc3c2c(-n2c3ccccc3c3c(CCCCC)c4[nH]c5ccccc5c4c(OC(C)=O)c32)c2[nH]c3ccccc3c12.ClC(Cl)Cl. The monoisotopic (exact) mass is 826 g/mol. The van der Waals surface area contributed by atoms with Crippen LogP contribution in [-0.4, -0.2) is 29.8 Å². The van der Waals surface area contributed by atoms with E-state index in [9.17, 15) is 4.79 Å². The molecule has 0 amide bonds. The van der Waals surface area contributed by atoms with Gasteiger partial charge in [-0.05, 0) is 61.1 Å². The number of rotatable bonds is 10. The van der Waals surface area contributed by atoms with Crippen LogP contribution in [0.1, 0.15) is 70.4 Å². The second-order valence-electron chi connectivity index (χ2n) is 15.2. The van der Waals surface area contributed by atoms with Crippen LogP contribution >= 0.6 is 34.8 Å². The van der Waals surface area contributed by atoms with Crippen LogP contribution in [0.15, 0.2) is 97.1 Å². The lowest BCUT2D eigenvalue weighted by Crippen LogP contribution is -2.06. The fraction of sp³-hybridized carbons (Fsp3) is 0.245. The Labute approximate surface area is 351 Å². The summed E-state index contributed by atoms with van der Waals surface area (Å²) in [4.78, 5) is 25.0. The van der Waals surface area contributed by atoms with Crippen molar-refractivity contribution in [3.05, 3.63) is 108 Å².